The van der Waals surface area contributed by atoms with Gasteiger partial charge in [0.2, 0.25) is 5.91 Å². The Morgan fingerprint density at radius 2 is 2.36 bits per heavy atom. The number of benzene rings is 1. The van der Waals surface area contributed by atoms with E-state index in [4.69, 9.17) is 9.47 Å². The van der Waals surface area contributed by atoms with Crippen molar-refractivity contribution in [3.63, 3.8) is 0 Å². The highest BCUT2D eigenvalue weighted by Crippen LogP contribution is 2.36. The first-order chi connectivity index (χ1) is 12.3. The van der Waals surface area contributed by atoms with E-state index in [1.54, 1.807) is 24.0 Å². The molecule has 2 aromatic heterocycles. The number of hydrogen-bond acceptors (Lipinski definition) is 5. The molecule has 25 heavy (non-hydrogen) atoms. The summed E-state index contributed by atoms with van der Waals surface area (Å²) < 4.78 is 12.8. The molecule has 7 heteroatoms. The summed E-state index contributed by atoms with van der Waals surface area (Å²) in [4.78, 5) is 16.8. The summed E-state index contributed by atoms with van der Waals surface area (Å²) in [5, 5.41) is 7.19. The number of carbonyl (C=O) groups is 1. The third kappa shape index (κ3) is 2.88. The zero-order chi connectivity index (χ0) is 17.2. The van der Waals surface area contributed by atoms with Gasteiger partial charge < -0.3 is 14.8 Å². The fourth-order valence-electron chi connectivity index (χ4n) is 3.05. The number of para-hydroxylation sites is 1. The predicted octanol–water partition coefficient (Wildman–Crippen LogP) is 1.61. The Kier molecular flexibility index (Phi) is 3.97. The molecule has 0 saturated carbocycles. The first kappa shape index (κ1) is 15.4. The molecule has 0 radical (unpaired) electrons. The Morgan fingerprint density at radius 3 is 3.24 bits per heavy atom. The van der Waals surface area contributed by atoms with Gasteiger partial charge in [-0.15, -0.1) is 0 Å². The fraction of sp³-hybridized carbons (Fsp3) is 0.278. The van der Waals surface area contributed by atoms with E-state index in [0.717, 1.165) is 22.5 Å². The van der Waals surface area contributed by atoms with Crippen LogP contribution in [0, 0.1) is 5.92 Å². The maximum Gasteiger partial charge on any atom is 0.227 e. The third-order valence-electron chi connectivity index (χ3n) is 4.35. The summed E-state index contributed by atoms with van der Waals surface area (Å²) in [7, 11) is 1.61. The van der Waals surface area contributed by atoms with Gasteiger partial charge in [-0.2, -0.15) is 5.10 Å². The number of methoxy groups -OCH3 is 1. The predicted molar refractivity (Wildman–Crippen MR) is 90.5 cm³/mol. The summed E-state index contributed by atoms with van der Waals surface area (Å²) in [5.74, 6) is 1.17. The van der Waals surface area contributed by atoms with E-state index in [-0.39, 0.29) is 11.8 Å². The molecule has 1 N–H and O–H groups in total. The normalized spacial score (nSPS) is 16.1. The van der Waals surface area contributed by atoms with Crippen LogP contribution in [0.5, 0.6) is 11.5 Å². The van der Waals surface area contributed by atoms with Crippen LogP contribution in [0.2, 0.25) is 0 Å². The summed E-state index contributed by atoms with van der Waals surface area (Å²) in [6.07, 6.45) is 5.89. The highest BCUT2D eigenvalue weighted by atomic mass is 16.5. The Bertz CT molecular complexity index is 922. The Morgan fingerprint density at radius 1 is 1.44 bits per heavy atom. The number of nitrogens with zero attached hydrogens (tertiary/aromatic N) is 3. The topological polar surface area (TPSA) is 77.8 Å². The largest absolute Gasteiger partial charge is 0.493 e. The fourth-order valence-corrected chi connectivity index (χ4v) is 3.05. The van der Waals surface area contributed by atoms with Gasteiger partial charge in [0.05, 0.1) is 19.2 Å². The molecule has 3 aromatic rings. The molecule has 7 nitrogen and oxygen atoms in total. The molecule has 3 heterocycles. The molecule has 128 valence electrons. The molecule has 1 aliphatic heterocycles. The smallest absolute Gasteiger partial charge is 0.227 e. The van der Waals surface area contributed by atoms with E-state index in [9.17, 15) is 4.79 Å². The lowest BCUT2D eigenvalue weighted by atomic mass is 9.95. The molecule has 0 saturated heterocycles. The van der Waals surface area contributed by atoms with Crippen LogP contribution in [0.3, 0.4) is 0 Å². The van der Waals surface area contributed by atoms with Crippen molar-refractivity contribution in [1.29, 1.82) is 0 Å². The van der Waals surface area contributed by atoms with Crippen molar-refractivity contribution in [1.82, 2.24) is 19.9 Å². The van der Waals surface area contributed by atoms with E-state index >= 15 is 0 Å². The van der Waals surface area contributed by atoms with Gasteiger partial charge in [0.25, 0.3) is 0 Å². The highest BCUT2D eigenvalue weighted by Gasteiger charge is 2.27. The summed E-state index contributed by atoms with van der Waals surface area (Å²) in [5.41, 5.74) is 2.62. The number of aromatic nitrogens is 3. The summed E-state index contributed by atoms with van der Waals surface area (Å²) >= 11 is 0. The van der Waals surface area contributed by atoms with Gasteiger partial charge in [-0.1, -0.05) is 12.1 Å². The number of hydrogen-bond donors (Lipinski definition) is 1. The van der Waals surface area contributed by atoms with Crippen LogP contribution in [-0.4, -0.2) is 34.2 Å². The Labute approximate surface area is 144 Å². The maximum atomic E-state index is 12.5. The lowest BCUT2D eigenvalue weighted by Gasteiger charge is -2.25. The number of nitrogens with one attached hydrogen (secondary N) is 1. The van der Waals surface area contributed by atoms with Crippen molar-refractivity contribution < 1.29 is 14.3 Å². The van der Waals surface area contributed by atoms with E-state index in [0.29, 0.717) is 25.3 Å². The van der Waals surface area contributed by atoms with Gasteiger partial charge in [0.1, 0.15) is 6.61 Å². The molecule has 0 unspecified atom stereocenters. The molecule has 1 amide bonds. The number of rotatable bonds is 4. The average Bonchev–Trinajstić information content (AvgIpc) is 3.08. The monoisotopic (exact) mass is 338 g/mol. The third-order valence-corrected chi connectivity index (χ3v) is 4.35. The first-order valence-electron chi connectivity index (χ1n) is 8.10. The van der Waals surface area contributed by atoms with Crippen molar-refractivity contribution >= 4 is 11.6 Å². The van der Waals surface area contributed by atoms with Gasteiger partial charge in [0, 0.05) is 24.5 Å². The van der Waals surface area contributed by atoms with Gasteiger partial charge in [0.15, 0.2) is 17.1 Å². The SMILES string of the molecule is COc1cccc2c1OC[C@@H](C(=O)NCc1cnn3cccnc13)C2. The molecular weight excluding hydrogens is 320 g/mol. The summed E-state index contributed by atoms with van der Waals surface area (Å²) in [6, 6.07) is 7.54. The van der Waals surface area contributed by atoms with Gasteiger partial charge in [-0.05, 0) is 24.1 Å². The average molecular weight is 338 g/mol. The number of ether oxygens (including phenoxy) is 2. The molecule has 1 aromatic carbocycles. The highest BCUT2D eigenvalue weighted by molar-refractivity contribution is 5.80. The van der Waals surface area contributed by atoms with Crippen LogP contribution >= 0.6 is 0 Å². The first-order valence-corrected chi connectivity index (χ1v) is 8.10. The van der Waals surface area contributed by atoms with Gasteiger partial charge in [-0.3, -0.25) is 4.79 Å². The Hall–Kier alpha value is -3.09. The number of amides is 1. The minimum absolute atomic E-state index is 0.0382. The molecule has 1 aliphatic rings. The molecule has 0 fully saturated rings. The molecular formula is C18H18N4O3. The van der Waals surface area contributed by atoms with Crippen LogP contribution in [0.25, 0.3) is 5.65 Å². The zero-order valence-corrected chi connectivity index (χ0v) is 13.8. The number of carbonyl (C=O) groups excluding carboxylic acids is 1. The molecule has 0 aliphatic carbocycles. The van der Waals surface area contributed by atoms with E-state index in [1.807, 2.05) is 30.5 Å². The second-order valence-corrected chi connectivity index (χ2v) is 5.94. The zero-order valence-electron chi connectivity index (χ0n) is 13.8. The Balaban J connectivity index is 1.43. The summed E-state index contributed by atoms with van der Waals surface area (Å²) in [6.45, 7) is 0.729. The molecule has 0 bridgehead atoms. The van der Waals surface area contributed by atoms with E-state index in [1.165, 1.54) is 0 Å². The van der Waals surface area contributed by atoms with Crippen LogP contribution in [0.15, 0.2) is 42.9 Å². The quantitative estimate of drug-likeness (QED) is 0.782. The lowest BCUT2D eigenvalue weighted by Crippen LogP contribution is -2.37. The number of fused-ring (bicyclic) bond motifs is 2. The minimum Gasteiger partial charge on any atom is -0.493 e. The molecule has 1 atom stereocenters. The standard InChI is InChI=1S/C18H18N4O3/c1-24-15-5-2-4-12-8-13(11-25-16(12)15)18(23)20-9-14-10-21-22-7-3-6-19-17(14)22/h2-7,10,13H,8-9,11H2,1H3,(H,20,23)/t13-/m0/s1. The second-order valence-electron chi connectivity index (χ2n) is 5.94. The van der Waals surface area contributed by atoms with Crippen molar-refractivity contribution in [2.24, 2.45) is 5.92 Å². The van der Waals surface area contributed by atoms with Crippen LogP contribution in [0.1, 0.15) is 11.1 Å². The van der Waals surface area contributed by atoms with E-state index in [2.05, 4.69) is 15.4 Å². The van der Waals surface area contributed by atoms with Gasteiger partial charge >= 0.3 is 0 Å². The maximum absolute atomic E-state index is 12.5. The van der Waals surface area contributed by atoms with Crippen LogP contribution in [-0.2, 0) is 17.8 Å². The van der Waals surface area contributed by atoms with Crippen LogP contribution < -0.4 is 14.8 Å². The van der Waals surface area contributed by atoms with Crippen molar-refractivity contribution in [2.45, 2.75) is 13.0 Å². The van der Waals surface area contributed by atoms with Crippen molar-refractivity contribution in [3.05, 3.63) is 54.0 Å². The second kappa shape index (κ2) is 6.43. The van der Waals surface area contributed by atoms with Crippen molar-refractivity contribution in [3.8, 4) is 11.5 Å². The van der Waals surface area contributed by atoms with Gasteiger partial charge in [-0.25, -0.2) is 9.50 Å². The molecule has 0 spiro atoms. The van der Waals surface area contributed by atoms with Crippen LogP contribution in [0.4, 0.5) is 0 Å². The van der Waals surface area contributed by atoms with E-state index < -0.39 is 0 Å². The molecule has 4 rings (SSSR count). The van der Waals surface area contributed by atoms with Crippen molar-refractivity contribution in [2.75, 3.05) is 13.7 Å². The minimum atomic E-state index is -0.227. The lowest BCUT2D eigenvalue weighted by molar-refractivity contribution is -0.126.